The van der Waals surface area contributed by atoms with Gasteiger partial charge in [-0.05, 0) is 96.7 Å². The highest BCUT2D eigenvalue weighted by atomic mass is 16.2. The van der Waals surface area contributed by atoms with Gasteiger partial charge in [0.05, 0.1) is 36.3 Å². The van der Waals surface area contributed by atoms with Crippen LogP contribution in [0, 0.1) is 34.5 Å². The van der Waals surface area contributed by atoms with Gasteiger partial charge in [-0.3, -0.25) is 34.3 Å². The van der Waals surface area contributed by atoms with Crippen molar-refractivity contribution in [3.63, 3.8) is 0 Å². The summed E-state index contributed by atoms with van der Waals surface area (Å²) in [5.74, 6) is 13.3. The Hall–Kier alpha value is -6.99. The van der Waals surface area contributed by atoms with Crippen molar-refractivity contribution < 1.29 is 19.2 Å². The van der Waals surface area contributed by atoms with E-state index < -0.39 is 11.9 Å². The molecule has 4 aliphatic heterocycles. The maximum absolute atomic E-state index is 13.9. The zero-order chi connectivity index (χ0) is 44.1. The van der Waals surface area contributed by atoms with Crippen LogP contribution in [-0.2, 0) is 33.9 Å². The number of fused-ring (bicyclic) bond motifs is 3. The van der Waals surface area contributed by atoms with E-state index in [9.17, 15) is 19.2 Å². The molecule has 6 heterocycles. The van der Waals surface area contributed by atoms with Crippen LogP contribution in [0.5, 0.6) is 0 Å². The number of amides is 4. The molecule has 3 saturated carbocycles. The zero-order valence-electron chi connectivity index (χ0n) is 36.2. The van der Waals surface area contributed by atoms with Crippen molar-refractivity contribution in [3.8, 4) is 35.2 Å². The first-order valence-electron chi connectivity index (χ1n) is 22.7. The third kappa shape index (κ3) is 7.98. The highest BCUT2D eigenvalue weighted by Gasteiger charge is 2.70. The number of nitrogens with one attached hydrogen (secondary N) is 1. The first kappa shape index (κ1) is 40.8. The van der Waals surface area contributed by atoms with E-state index >= 15 is 0 Å². The molecule has 2 aromatic heterocycles. The molecule has 0 radical (unpaired) electrons. The second-order valence-electron chi connectivity index (χ2n) is 18.6. The van der Waals surface area contributed by atoms with Crippen LogP contribution < -0.4 is 5.32 Å². The summed E-state index contributed by atoms with van der Waals surface area (Å²) < 4.78 is 0. The first-order valence-corrected chi connectivity index (χ1v) is 22.7. The number of pyridine rings is 1. The lowest BCUT2D eigenvalue weighted by Gasteiger charge is -2.69. The smallest absolute Gasteiger partial charge is 0.255 e. The van der Waals surface area contributed by atoms with Gasteiger partial charge in [-0.15, -0.1) is 0 Å². The molecule has 12 rings (SSSR count). The van der Waals surface area contributed by atoms with E-state index in [-0.39, 0.29) is 35.0 Å². The molecule has 3 aliphatic carbocycles. The number of benzene rings is 3. The van der Waals surface area contributed by atoms with Crippen LogP contribution in [0.1, 0.15) is 76.0 Å². The predicted molar refractivity (Wildman–Crippen MR) is 245 cm³/mol. The van der Waals surface area contributed by atoms with Gasteiger partial charge in [-0.1, -0.05) is 72.2 Å². The van der Waals surface area contributed by atoms with Gasteiger partial charge >= 0.3 is 0 Å². The standard InChI is InChI=1S/C53H48N8O4/c62-47-18-17-46(49(63)57-47)61-31-41-29-38(13-15-42(41)50(61)64)6-4-23-59-27-25-58(26-28-59)22-3-5-36-9-11-37(12-10-36)19-21-52-33-53(34-52,35-52)51(65)60-24-20-39-14-16-44(55-45(39)32-60)48-54-30-40-7-1-2-8-43(40)56-48/h1-2,7-16,19,21,29-30,46H,17-18,20,22-28,31-35H2,(H,57,62,63)/b21-19+. The van der Waals surface area contributed by atoms with Gasteiger partial charge in [-0.25, -0.2) is 15.0 Å². The minimum Gasteiger partial charge on any atom is -0.336 e. The fourth-order valence-corrected chi connectivity index (χ4v) is 10.6. The summed E-state index contributed by atoms with van der Waals surface area (Å²) in [6, 6.07) is 25.5. The molecule has 1 N–H and O–H groups in total. The van der Waals surface area contributed by atoms with Crippen molar-refractivity contribution in [2.75, 3.05) is 45.8 Å². The summed E-state index contributed by atoms with van der Waals surface area (Å²) in [6.45, 7) is 6.69. The topological polar surface area (TPSA) is 132 Å². The fraction of sp³-hybridized carbons (Fsp3) is 0.340. The number of carbonyl (C=O) groups is 4. The van der Waals surface area contributed by atoms with Gasteiger partial charge in [0.25, 0.3) is 5.91 Å². The Morgan fingerprint density at radius 1 is 0.785 bits per heavy atom. The fourth-order valence-electron chi connectivity index (χ4n) is 10.6. The summed E-state index contributed by atoms with van der Waals surface area (Å²) in [4.78, 5) is 73.4. The lowest BCUT2D eigenvalue weighted by Crippen LogP contribution is -2.67. The molecule has 12 heteroatoms. The number of piperidine rings is 1. The summed E-state index contributed by atoms with van der Waals surface area (Å²) in [5.41, 5.74) is 8.11. The Balaban J connectivity index is 0.613. The molecule has 2 saturated heterocycles. The van der Waals surface area contributed by atoms with Crippen LogP contribution in [-0.4, -0.2) is 110 Å². The van der Waals surface area contributed by atoms with Crippen molar-refractivity contribution in [1.82, 2.24) is 39.9 Å². The average molecular weight is 861 g/mol. The van der Waals surface area contributed by atoms with E-state index in [1.165, 1.54) is 5.56 Å². The zero-order valence-corrected chi connectivity index (χ0v) is 36.2. The van der Waals surface area contributed by atoms with E-state index in [2.05, 4.69) is 86.3 Å². The minimum atomic E-state index is -0.620. The summed E-state index contributed by atoms with van der Waals surface area (Å²) in [7, 11) is 0. The molecular weight excluding hydrogens is 813 g/mol. The van der Waals surface area contributed by atoms with Gasteiger partial charge in [0, 0.05) is 74.0 Å². The Bertz CT molecular complexity index is 2930. The normalized spacial score (nSPS) is 23.7. The molecule has 12 nitrogen and oxygen atoms in total. The van der Waals surface area contributed by atoms with E-state index in [1.807, 2.05) is 53.6 Å². The van der Waals surface area contributed by atoms with Crippen molar-refractivity contribution in [3.05, 3.63) is 130 Å². The van der Waals surface area contributed by atoms with Crippen molar-refractivity contribution >= 4 is 40.6 Å². The number of hydrogen-bond donors (Lipinski definition) is 1. The minimum absolute atomic E-state index is 0.118. The lowest BCUT2D eigenvalue weighted by atomic mass is 9.34. The highest BCUT2D eigenvalue weighted by Crippen LogP contribution is 2.74. The Labute approximate surface area is 378 Å². The third-order valence-corrected chi connectivity index (χ3v) is 14.2. The molecule has 7 aliphatic rings. The predicted octanol–water partition coefficient (Wildman–Crippen LogP) is 5.24. The molecule has 2 bridgehead atoms. The number of rotatable bonds is 7. The van der Waals surface area contributed by atoms with E-state index in [0.717, 1.165) is 109 Å². The quantitative estimate of drug-likeness (QED) is 0.173. The number of carbonyl (C=O) groups excluding carboxylic acids is 4. The SMILES string of the molecule is O=C1CCC(N2Cc3cc(C#CCN4CCN(CC#Cc5ccc(/C=C/C67CC(C(=O)N8CCc9ccc(-c%10ncc%11ccccc%11n%10)nc9C8)(C6)C7)cc5)CC4)ccc3C2=O)C(=O)N1. The number of nitrogens with zero attached hydrogens (tertiary/aromatic N) is 7. The second-order valence-corrected chi connectivity index (χ2v) is 18.6. The van der Waals surface area contributed by atoms with E-state index in [0.29, 0.717) is 37.4 Å². The second kappa shape index (κ2) is 16.5. The maximum Gasteiger partial charge on any atom is 0.255 e. The van der Waals surface area contributed by atoms with Crippen LogP contribution in [0.4, 0.5) is 0 Å². The molecule has 65 heavy (non-hydrogen) atoms. The average Bonchev–Trinajstić information content (AvgIpc) is 3.63. The van der Waals surface area contributed by atoms with E-state index in [4.69, 9.17) is 9.97 Å². The molecular formula is C53H48N8O4. The number of hydrogen-bond acceptors (Lipinski definition) is 9. The molecule has 5 aromatic rings. The van der Waals surface area contributed by atoms with Crippen molar-refractivity contribution in [2.24, 2.45) is 10.8 Å². The van der Waals surface area contributed by atoms with Gasteiger partial charge in [0.15, 0.2) is 5.82 Å². The summed E-state index contributed by atoms with van der Waals surface area (Å²) in [6.07, 6.45) is 10.5. The number of allylic oxidation sites excluding steroid dienone is 1. The largest absolute Gasteiger partial charge is 0.336 e. The van der Waals surface area contributed by atoms with Crippen LogP contribution in [0.25, 0.3) is 28.5 Å². The monoisotopic (exact) mass is 860 g/mol. The maximum atomic E-state index is 13.9. The molecule has 4 amide bonds. The summed E-state index contributed by atoms with van der Waals surface area (Å²) in [5, 5.41) is 3.35. The molecule has 1 unspecified atom stereocenters. The summed E-state index contributed by atoms with van der Waals surface area (Å²) >= 11 is 0. The number of piperazine rings is 1. The third-order valence-electron chi connectivity index (χ3n) is 14.2. The van der Waals surface area contributed by atoms with Crippen molar-refractivity contribution in [2.45, 2.75) is 57.7 Å². The van der Waals surface area contributed by atoms with Crippen LogP contribution in [0.2, 0.25) is 0 Å². The lowest BCUT2D eigenvalue weighted by molar-refractivity contribution is -0.199. The molecule has 3 aromatic carbocycles. The van der Waals surface area contributed by atoms with Gasteiger partial charge in [0.1, 0.15) is 11.7 Å². The Morgan fingerprint density at radius 2 is 1.52 bits per heavy atom. The first-order chi connectivity index (χ1) is 31.7. The van der Waals surface area contributed by atoms with Gasteiger partial charge in [-0.2, -0.15) is 0 Å². The van der Waals surface area contributed by atoms with Crippen LogP contribution in [0.3, 0.4) is 0 Å². The Kier molecular flexibility index (Phi) is 10.4. The molecule has 5 fully saturated rings. The van der Waals surface area contributed by atoms with Crippen molar-refractivity contribution in [1.29, 1.82) is 0 Å². The van der Waals surface area contributed by atoms with Crippen LogP contribution >= 0.6 is 0 Å². The van der Waals surface area contributed by atoms with Gasteiger partial charge in [0.2, 0.25) is 17.7 Å². The molecule has 324 valence electrons. The van der Waals surface area contributed by atoms with Gasteiger partial charge < -0.3 is 9.80 Å². The Morgan fingerprint density at radius 3 is 2.29 bits per heavy atom. The van der Waals surface area contributed by atoms with Crippen LogP contribution in [0.15, 0.2) is 91.1 Å². The molecule has 1 atom stereocenters. The number of imide groups is 1. The molecule has 0 spiro atoms. The number of aromatic nitrogens is 3. The number of para-hydroxylation sites is 1. The van der Waals surface area contributed by atoms with E-state index in [1.54, 1.807) is 11.0 Å². The highest BCUT2D eigenvalue weighted by molar-refractivity contribution is 6.05.